The lowest BCUT2D eigenvalue weighted by atomic mass is 10.1. The van der Waals surface area contributed by atoms with E-state index in [0.29, 0.717) is 32.5 Å². The van der Waals surface area contributed by atoms with Crippen molar-refractivity contribution >= 4 is 40.1 Å². The summed E-state index contributed by atoms with van der Waals surface area (Å²) in [5.41, 5.74) is 3.19. The fourth-order valence-electron chi connectivity index (χ4n) is 2.85. The lowest BCUT2D eigenvalue weighted by molar-refractivity contribution is 0.0475. The van der Waals surface area contributed by atoms with E-state index in [9.17, 15) is 4.79 Å². The molecule has 0 saturated heterocycles. The number of nitrogens with zero attached hydrogens (tertiary/aromatic N) is 2. The van der Waals surface area contributed by atoms with Crippen LogP contribution in [0.4, 0.5) is 0 Å². The number of ether oxygens (including phenoxy) is 1. The maximum absolute atomic E-state index is 12.8. The first kappa shape index (κ1) is 18.4. The second-order valence-electron chi connectivity index (χ2n) is 6.11. The number of pyridine rings is 2. The molecule has 6 heteroatoms. The zero-order chi connectivity index (χ0) is 19.5. The van der Waals surface area contributed by atoms with Crippen LogP contribution in [0.25, 0.3) is 22.3 Å². The summed E-state index contributed by atoms with van der Waals surface area (Å²) in [5.74, 6) is -0.443. The standard InChI is InChI=1S/C22H14Cl2N2O2/c23-17-9-8-14(11-18(17)24)13-28-22(27)16-12-21(20-7-3-4-10-25-20)26-19-6-2-1-5-15(16)19/h1-12H,13H2. The third-order valence-electron chi connectivity index (χ3n) is 4.22. The molecule has 0 saturated carbocycles. The summed E-state index contributed by atoms with van der Waals surface area (Å²) < 4.78 is 5.52. The molecule has 2 heterocycles. The SMILES string of the molecule is O=C(OCc1ccc(Cl)c(Cl)c1)c1cc(-c2ccccn2)nc2ccccc12. The highest BCUT2D eigenvalue weighted by Gasteiger charge is 2.16. The van der Waals surface area contributed by atoms with Crippen LogP contribution in [0.2, 0.25) is 10.0 Å². The Kier molecular flexibility index (Phi) is 5.24. The Morgan fingerprint density at radius 1 is 0.893 bits per heavy atom. The predicted octanol–water partition coefficient (Wildman–Crippen LogP) is 5.96. The lowest BCUT2D eigenvalue weighted by Crippen LogP contribution is -2.07. The van der Waals surface area contributed by atoms with Gasteiger partial charge in [-0.2, -0.15) is 0 Å². The molecule has 0 bridgehead atoms. The maximum atomic E-state index is 12.8. The van der Waals surface area contributed by atoms with Crippen molar-refractivity contribution in [1.82, 2.24) is 9.97 Å². The first-order valence-corrected chi connectivity index (χ1v) is 9.29. The minimum absolute atomic E-state index is 0.0886. The number of rotatable bonds is 4. The van der Waals surface area contributed by atoms with Crippen LogP contribution in [0.15, 0.2) is 72.9 Å². The molecule has 0 aliphatic heterocycles. The van der Waals surface area contributed by atoms with Gasteiger partial charge in [0.1, 0.15) is 6.61 Å². The highest BCUT2D eigenvalue weighted by Crippen LogP contribution is 2.26. The normalized spacial score (nSPS) is 10.8. The average molecular weight is 409 g/mol. The first-order chi connectivity index (χ1) is 13.6. The van der Waals surface area contributed by atoms with E-state index >= 15 is 0 Å². The second kappa shape index (κ2) is 7.97. The maximum Gasteiger partial charge on any atom is 0.339 e. The van der Waals surface area contributed by atoms with Crippen LogP contribution in [-0.2, 0) is 11.3 Å². The summed E-state index contributed by atoms with van der Waals surface area (Å²) in [6.45, 7) is 0.0886. The van der Waals surface area contributed by atoms with Crippen molar-refractivity contribution < 1.29 is 9.53 Å². The van der Waals surface area contributed by atoms with Crippen LogP contribution in [0.5, 0.6) is 0 Å². The average Bonchev–Trinajstić information content (AvgIpc) is 2.74. The van der Waals surface area contributed by atoms with E-state index in [1.54, 1.807) is 30.5 Å². The van der Waals surface area contributed by atoms with Crippen molar-refractivity contribution in [2.24, 2.45) is 0 Å². The molecule has 0 fully saturated rings. The number of hydrogen-bond donors (Lipinski definition) is 0. The molecule has 138 valence electrons. The fraction of sp³-hybridized carbons (Fsp3) is 0.0455. The summed E-state index contributed by atoms with van der Waals surface area (Å²) in [4.78, 5) is 21.8. The molecule has 4 nitrogen and oxygen atoms in total. The molecular formula is C22H14Cl2N2O2. The zero-order valence-corrected chi connectivity index (χ0v) is 16.1. The van der Waals surface area contributed by atoms with Gasteiger partial charge >= 0.3 is 5.97 Å². The molecule has 0 amide bonds. The summed E-state index contributed by atoms with van der Waals surface area (Å²) in [6.07, 6.45) is 1.69. The molecule has 2 aromatic heterocycles. The number of halogens is 2. The molecule has 0 spiro atoms. The number of aromatic nitrogens is 2. The Bertz CT molecular complexity index is 1160. The van der Waals surface area contributed by atoms with E-state index in [2.05, 4.69) is 9.97 Å². The van der Waals surface area contributed by atoms with Gasteiger partial charge in [0.15, 0.2) is 0 Å². The van der Waals surface area contributed by atoms with Gasteiger partial charge in [-0.25, -0.2) is 9.78 Å². The van der Waals surface area contributed by atoms with Gasteiger partial charge in [-0.3, -0.25) is 4.98 Å². The van der Waals surface area contributed by atoms with E-state index in [-0.39, 0.29) is 6.61 Å². The molecule has 0 radical (unpaired) electrons. The van der Waals surface area contributed by atoms with Gasteiger partial charge in [-0.05, 0) is 42.0 Å². The quantitative estimate of drug-likeness (QED) is 0.390. The Hall–Kier alpha value is -2.95. The summed E-state index contributed by atoms with van der Waals surface area (Å²) in [5, 5.41) is 1.60. The molecule has 28 heavy (non-hydrogen) atoms. The largest absolute Gasteiger partial charge is 0.457 e. The monoisotopic (exact) mass is 408 g/mol. The molecule has 0 unspecified atom stereocenters. The smallest absolute Gasteiger partial charge is 0.339 e. The molecule has 0 N–H and O–H groups in total. The van der Waals surface area contributed by atoms with Crippen LogP contribution < -0.4 is 0 Å². The number of fused-ring (bicyclic) bond motifs is 1. The number of carbonyl (C=O) groups is 1. The van der Waals surface area contributed by atoms with E-state index < -0.39 is 5.97 Å². The van der Waals surface area contributed by atoms with Crippen LogP contribution in [0.3, 0.4) is 0 Å². The third kappa shape index (κ3) is 3.84. The van der Waals surface area contributed by atoms with E-state index in [1.165, 1.54) is 0 Å². The summed E-state index contributed by atoms with van der Waals surface area (Å²) in [7, 11) is 0. The number of hydrogen-bond acceptors (Lipinski definition) is 4. The van der Waals surface area contributed by atoms with Crippen molar-refractivity contribution in [2.45, 2.75) is 6.61 Å². The second-order valence-corrected chi connectivity index (χ2v) is 6.93. The number of carbonyl (C=O) groups excluding carboxylic acids is 1. The number of benzene rings is 2. The molecule has 0 aliphatic rings. The van der Waals surface area contributed by atoms with E-state index in [4.69, 9.17) is 27.9 Å². The van der Waals surface area contributed by atoms with E-state index in [1.807, 2.05) is 42.5 Å². The minimum atomic E-state index is -0.443. The highest BCUT2D eigenvalue weighted by atomic mass is 35.5. The molecule has 4 rings (SSSR count). The zero-order valence-electron chi connectivity index (χ0n) is 14.6. The lowest BCUT2D eigenvalue weighted by Gasteiger charge is -2.10. The summed E-state index contributed by atoms with van der Waals surface area (Å²) in [6, 6.07) is 19.8. The third-order valence-corrected chi connectivity index (χ3v) is 4.96. The number of para-hydroxylation sites is 1. The predicted molar refractivity (Wildman–Crippen MR) is 111 cm³/mol. The van der Waals surface area contributed by atoms with Gasteiger partial charge in [0.25, 0.3) is 0 Å². The molecular weight excluding hydrogens is 395 g/mol. The molecule has 4 aromatic rings. The van der Waals surface area contributed by atoms with Crippen molar-refractivity contribution in [2.75, 3.05) is 0 Å². The van der Waals surface area contributed by atoms with Gasteiger partial charge in [-0.15, -0.1) is 0 Å². The van der Waals surface area contributed by atoms with Gasteiger partial charge in [-0.1, -0.05) is 53.5 Å². The first-order valence-electron chi connectivity index (χ1n) is 8.54. The Morgan fingerprint density at radius 3 is 2.50 bits per heavy atom. The summed E-state index contributed by atoms with van der Waals surface area (Å²) >= 11 is 12.0. The fourth-order valence-corrected chi connectivity index (χ4v) is 3.17. The molecule has 2 aromatic carbocycles. The Morgan fingerprint density at radius 2 is 1.71 bits per heavy atom. The van der Waals surface area contributed by atoms with Crippen LogP contribution in [-0.4, -0.2) is 15.9 Å². The van der Waals surface area contributed by atoms with Crippen LogP contribution in [0.1, 0.15) is 15.9 Å². The van der Waals surface area contributed by atoms with Gasteiger partial charge in [0, 0.05) is 11.6 Å². The molecule has 0 aliphatic carbocycles. The highest BCUT2D eigenvalue weighted by molar-refractivity contribution is 6.42. The van der Waals surface area contributed by atoms with Gasteiger partial charge in [0.2, 0.25) is 0 Å². The van der Waals surface area contributed by atoms with Crippen LogP contribution >= 0.6 is 23.2 Å². The van der Waals surface area contributed by atoms with Crippen molar-refractivity contribution in [3.05, 3.63) is 94.1 Å². The van der Waals surface area contributed by atoms with Crippen molar-refractivity contribution in [1.29, 1.82) is 0 Å². The topological polar surface area (TPSA) is 52.1 Å². The Labute approximate surface area is 171 Å². The van der Waals surface area contributed by atoms with Crippen molar-refractivity contribution in [3.63, 3.8) is 0 Å². The Balaban J connectivity index is 1.68. The van der Waals surface area contributed by atoms with Gasteiger partial charge in [0.05, 0.1) is 32.5 Å². The van der Waals surface area contributed by atoms with Crippen LogP contribution in [0, 0.1) is 0 Å². The van der Waals surface area contributed by atoms with Crippen molar-refractivity contribution in [3.8, 4) is 11.4 Å². The number of esters is 1. The minimum Gasteiger partial charge on any atom is -0.457 e. The molecule has 0 atom stereocenters. The van der Waals surface area contributed by atoms with Gasteiger partial charge < -0.3 is 4.74 Å². The van der Waals surface area contributed by atoms with E-state index in [0.717, 1.165) is 10.9 Å².